The van der Waals surface area contributed by atoms with Gasteiger partial charge in [-0.2, -0.15) is 4.80 Å². The van der Waals surface area contributed by atoms with Crippen molar-refractivity contribution in [2.24, 2.45) is 7.05 Å². The van der Waals surface area contributed by atoms with Gasteiger partial charge in [0.1, 0.15) is 11.6 Å². The molecule has 0 bridgehead atoms. The summed E-state index contributed by atoms with van der Waals surface area (Å²) >= 11 is 0. The van der Waals surface area contributed by atoms with Crippen LogP contribution < -0.4 is 10.6 Å². The minimum Gasteiger partial charge on any atom is -0.444 e. The van der Waals surface area contributed by atoms with Crippen molar-refractivity contribution in [1.29, 1.82) is 0 Å². The number of aromatic nitrogens is 4. The van der Waals surface area contributed by atoms with Gasteiger partial charge < -0.3 is 20.3 Å². The molecule has 25 heavy (non-hydrogen) atoms. The fourth-order valence-electron chi connectivity index (χ4n) is 2.51. The van der Waals surface area contributed by atoms with Crippen molar-refractivity contribution in [2.75, 3.05) is 26.2 Å². The summed E-state index contributed by atoms with van der Waals surface area (Å²) < 4.78 is 5.28. The second-order valence-electron chi connectivity index (χ2n) is 7.01. The number of nitrogens with zero attached hydrogens (tertiary/aromatic N) is 5. The van der Waals surface area contributed by atoms with Gasteiger partial charge in [-0.1, -0.05) is 0 Å². The van der Waals surface area contributed by atoms with Crippen molar-refractivity contribution in [1.82, 2.24) is 35.7 Å². The molecular weight excluding hydrogens is 326 g/mol. The van der Waals surface area contributed by atoms with E-state index in [1.807, 2.05) is 0 Å². The lowest BCUT2D eigenvalue weighted by Crippen LogP contribution is -2.54. The average Bonchev–Trinajstić information content (AvgIpc) is 2.95. The Morgan fingerprint density at radius 3 is 2.56 bits per heavy atom. The first-order valence-electron chi connectivity index (χ1n) is 8.46. The molecule has 10 heteroatoms. The first-order chi connectivity index (χ1) is 11.7. The van der Waals surface area contributed by atoms with Crippen LogP contribution in [-0.4, -0.2) is 74.9 Å². The Bertz CT molecular complexity index is 590. The number of piperazine rings is 1. The quantitative estimate of drug-likeness (QED) is 0.731. The number of nitrogens with one attached hydrogen (secondary N) is 2. The number of ether oxygens (including phenoxy) is 1. The first kappa shape index (κ1) is 19.1. The van der Waals surface area contributed by atoms with E-state index in [4.69, 9.17) is 4.74 Å². The number of aryl methyl sites for hydroxylation is 2. The molecule has 140 valence electrons. The van der Waals surface area contributed by atoms with Crippen LogP contribution in [0.2, 0.25) is 0 Å². The molecule has 0 saturated carbocycles. The molecule has 2 rings (SSSR count). The summed E-state index contributed by atoms with van der Waals surface area (Å²) in [6, 6.07) is -0.684. The molecule has 0 aromatic carbocycles. The van der Waals surface area contributed by atoms with Crippen LogP contribution in [0.15, 0.2) is 0 Å². The van der Waals surface area contributed by atoms with Crippen LogP contribution in [0.5, 0.6) is 0 Å². The van der Waals surface area contributed by atoms with Gasteiger partial charge in [0.05, 0.1) is 7.05 Å². The Balaban J connectivity index is 2.01. The zero-order valence-corrected chi connectivity index (χ0v) is 15.3. The number of rotatable bonds is 5. The van der Waals surface area contributed by atoms with E-state index in [0.29, 0.717) is 31.8 Å². The largest absolute Gasteiger partial charge is 0.444 e. The van der Waals surface area contributed by atoms with Crippen LogP contribution in [0.4, 0.5) is 4.79 Å². The van der Waals surface area contributed by atoms with Crippen molar-refractivity contribution in [2.45, 2.75) is 45.3 Å². The Kier molecular flexibility index (Phi) is 6.29. The highest BCUT2D eigenvalue weighted by Crippen LogP contribution is 2.10. The number of amides is 2. The lowest BCUT2D eigenvalue weighted by molar-refractivity contribution is -0.134. The smallest absolute Gasteiger partial charge is 0.408 e. The fourth-order valence-corrected chi connectivity index (χ4v) is 2.51. The number of tetrazole rings is 1. The molecule has 1 aromatic rings. The Hall–Kier alpha value is -2.23. The predicted octanol–water partition coefficient (Wildman–Crippen LogP) is -0.532. The van der Waals surface area contributed by atoms with E-state index in [-0.39, 0.29) is 5.91 Å². The van der Waals surface area contributed by atoms with Crippen LogP contribution in [0.1, 0.15) is 33.0 Å². The van der Waals surface area contributed by atoms with Crippen LogP contribution in [0, 0.1) is 0 Å². The highest BCUT2D eigenvalue weighted by Gasteiger charge is 2.29. The molecule has 1 aliphatic rings. The minimum absolute atomic E-state index is 0.115. The molecule has 2 heterocycles. The van der Waals surface area contributed by atoms with Gasteiger partial charge >= 0.3 is 6.09 Å². The van der Waals surface area contributed by atoms with Crippen molar-refractivity contribution in [3.63, 3.8) is 0 Å². The van der Waals surface area contributed by atoms with Gasteiger partial charge in [0.25, 0.3) is 0 Å². The first-order valence-corrected chi connectivity index (χ1v) is 8.46. The highest BCUT2D eigenvalue weighted by molar-refractivity contribution is 5.85. The van der Waals surface area contributed by atoms with Crippen LogP contribution >= 0.6 is 0 Å². The van der Waals surface area contributed by atoms with Crippen molar-refractivity contribution in [3.05, 3.63) is 5.82 Å². The van der Waals surface area contributed by atoms with E-state index in [1.165, 1.54) is 4.80 Å². The van der Waals surface area contributed by atoms with E-state index in [2.05, 4.69) is 26.0 Å². The summed E-state index contributed by atoms with van der Waals surface area (Å²) in [5, 5.41) is 17.7. The molecule has 1 saturated heterocycles. The summed E-state index contributed by atoms with van der Waals surface area (Å²) in [6.07, 6.45) is 0.216. The number of alkyl carbamates (subject to hydrolysis) is 1. The van der Waals surface area contributed by atoms with E-state index in [0.717, 1.165) is 13.1 Å². The SMILES string of the molecule is Cn1nnc(CC[C@H](NC(=O)OC(C)(C)C)C(=O)N2CCNCC2)n1. The molecule has 2 amide bonds. The van der Waals surface area contributed by atoms with Gasteiger partial charge in [-0.15, -0.1) is 10.2 Å². The average molecular weight is 353 g/mol. The second-order valence-corrected chi connectivity index (χ2v) is 7.01. The maximum Gasteiger partial charge on any atom is 0.408 e. The molecule has 1 aromatic heterocycles. The summed E-state index contributed by atoms with van der Waals surface area (Å²) in [4.78, 5) is 28.0. The summed E-state index contributed by atoms with van der Waals surface area (Å²) in [5.41, 5.74) is -0.626. The molecule has 2 N–H and O–H groups in total. The van der Waals surface area contributed by atoms with Gasteiger partial charge in [-0.25, -0.2) is 4.79 Å². The second kappa shape index (κ2) is 8.24. The van der Waals surface area contributed by atoms with Gasteiger partial charge in [0.15, 0.2) is 5.82 Å². The lowest BCUT2D eigenvalue weighted by atomic mass is 10.1. The molecule has 1 fully saturated rings. The Morgan fingerprint density at radius 1 is 1.32 bits per heavy atom. The molecule has 0 unspecified atom stereocenters. The monoisotopic (exact) mass is 353 g/mol. The molecule has 1 atom stereocenters. The van der Waals surface area contributed by atoms with Crippen molar-refractivity contribution < 1.29 is 14.3 Å². The zero-order chi connectivity index (χ0) is 18.4. The maximum atomic E-state index is 12.8. The number of carbonyl (C=O) groups excluding carboxylic acids is 2. The summed E-state index contributed by atoms with van der Waals surface area (Å²) in [5.74, 6) is 0.419. The topological polar surface area (TPSA) is 114 Å². The lowest BCUT2D eigenvalue weighted by Gasteiger charge is -2.31. The summed E-state index contributed by atoms with van der Waals surface area (Å²) in [7, 11) is 1.68. The van der Waals surface area contributed by atoms with Crippen LogP contribution in [0.3, 0.4) is 0 Å². The highest BCUT2D eigenvalue weighted by atomic mass is 16.6. The summed E-state index contributed by atoms with van der Waals surface area (Å²) in [6.45, 7) is 8.08. The molecule has 0 aliphatic carbocycles. The molecule has 1 aliphatic heterocycles. The Labute approximate surface area is 147 Å². The number of hydrogen-bond donors (Lipinski definition) is 2. The maximum absolute atomic E-state index is 12.8. The van der Waals surface area contributed by atoms with E-state index in [1.54, 1.807) is 32.7 Å². The Morgan fingerprint density at radius 2 is 2.00 bits per heavy atom. The third-order valence-corrected chi connectivity index (χ3v) is 3.62. The normalized spacial score (nSPS) is 16.4. The third-order valence-electron chi connectivity index (χ3n) is 3.62. The van der Waals surface area contributed by atoms with Gasteiger partial charge in [0, 0.05) is 32.6 Å². The minimum atomic E-state index is -0.684. The standard InChI is InChI=1S/C15H27N7O3/c1-15(2,3)25-14(24)17-11(5-6-12-18-20-21(4)19-12)13(23)22-9-7-16-8-10-22/h11,16H,5-10H2,1-4H3,(H,17,24)/t11-/m0/s1. The molecule has 0 spiro atoms. The molecule has 10 nitrogen and oxygen atoms in total. The molecular formula is C15H27N7O3. The van der Waals surface area contributed by atoms with E-state index >= 15 is 0 Å². The fraction of sp³-hybridized carbons (Fsp3) is 0.800. The van der Waals surface area contributed by atoms with E-state index < -0.39 is 17.7 Å². The van der Waals surface area contributed by atoms with Crippen molar-refractivity contribution in [3.8, 4) is 0 Å². The number of carbonyl (C=O) groups is 2. The number of hydrogen-bond acceptors (Lipinski definition) is 7. The predicted molar refractivity (Wildman–Crippen MR) is 89.7 cm³/mol. The van der Waals surface area contributed by atoms with Gasteiger partial charge in [-0.3, -0.25) is 4.79 Å². The van der Waals surface area contributed by atoms with Crippen LogP contribution in [0.25, 0.3) is 0 Å². The third kappa shape index (κ3) is 6.29. The molecule has 0 radical (unpaired) electrons. The van der Waals surface area contributed by atoms with Gasteiger partial charge in [-0.05, 0) is 32.4 Å². The van der Waals surface area contributed by atoms with Crippen molar-refractivity contribution >= 4 is 12.0 Å². The van der Waals surface area contributed by atoms with E-state index in [9.17, 15) is 9.59 Å². The van der Waals surface area contributed by atoms with Gasteiger partial charge in [0.2, 0.25) is 5.91 Å². The van der Waals surface area contributed by atoms with Crippen LogP contribution in [-0.2, 0) is 23.0 Å². The zero-order valence-electron chi connectivity index (χ0n) is 15.3.